The zero-order valence-corrected chi connectivity index (χ0v) is 14.8. The van der Waals surface area contributed by atoms with Crippen molar-refractivity contribution in [3.8, 4) is 5.75 Å². The number of carbonyl (C=O) groups is 2. The summed E-state index contributed by atoms with van der Waals surface area (Å²) < 4.78 is 5.32. The maximum Gasteiger partial charge on any atom is 0.329 e. The fourth-order valence-corrected chi connectivity index (χ4v) is 2.14. The van der Waals surface area contributed by atoms with Crippen molar-refractivity contribution in [2.75, 3.05) is 11.9 Å². The van der Waals surface area contributed by atoms with E-state index in [1.807, 2.05) is 6.92 Å². The van der Waals surface area contributed by atoms with Gasteiger partial charge in [-0.1, -0.05) is 23.2 Å². The first-order valence-electron chi connectivity index (χ1n) is 7.32. The maximum absolute atomic E-state index is 11.8. The molecule has 0 bridgehead atoms. The summed E-state index contributed by atoms with van der Waals surface area (Å²) in [4.78, 5) is 23.6. The SMILES string of the molecule is CCOc1ccc(/C=N\NC(=O)C(=O)Nc2cc(Cl)ccc2Cl)cc1. The molecule has 6 nitrogen and oxygen atoms in total. The Kier molecular flexibility index (Phi) is 6.80. The van der Waals surface area contributed by atoms with E-state index in [0.29, 0.717) is 11.6 Å². The van der Waals surface area contributed by atoms with Crippen LogP contribution in [0.15, 0.2) is 47.6 Å². The molecule has 0 aliphatic carbocycles. The zero-order valence-electron chi connectivity index (χ0n) is 13.3. The number of hydrogen-bond acceptors (Lipinski definition) is 4. The van der Waals surface area contributed by atoms with Crippen molar-refractivity contribution in [1.29, 1.82) is 0 Å². The summed E-state index contributed by atoms with van der Waals surface area (Å²) in [5.74, 6) is -1.10. The van der Waals surface area contributed by atoms with E-state index in [9.17, 15) is 9.59 Å². The molecule has 25 heavy (non-hydrogen) atoms. The highest BCUT2D eigenvalue weighted by atomic mass is 35.5. The first kappa shape index (κ1) is 18.8. The van der Waals surface area contributed by atoms with Crippen LogP contribution in [0.2, 0.25) is 10.0 Å². The van der Waals surface area contributed by atoms with E-state index in [-0.39, 0.29) is 10.7 Å². The first-order valence-corrected chi connectivity index (χ1v) is 8.07. The van der Waals surface area contributed by atoms with Crippen LogP contribution in [0.25, 0.3) is 0 Å². The van der Waals surface area contributed by atoms with Crippen LogP contribution in [0.4, 0.5) is 5.69 Å². The summed E-state index contributed by atoms with van der Waals surface area (Å²) in [5, 5.41) is 6.75. The minimum atomic E-state index is -0.932. The van der Waals surface area contributed by atoms with Gasteiger partial charge in [0.05, 0.1) is 23.5 Å². The molecule has 0 heterocycles. The minimum Gasteiger partial charge on any atom is -0.494 e. The van der Waals surface area contributed by atoms with Gasteiger partial charge in [0.15, 0.2) is 0 Å². The lowest BCUT2D eigenvalue weighted by molar-refractivity contribution is -0.136. The second-order valence-corrected chi connectivity index (χ2v) is 5.62. The number of halogens is 2. The molecule has 130 valence electrons. The van der Waals surface area contributed by atoms with Crippen LogP contribution in [0.5, 0.6) is 5.75 Å². The number of hydrazone groups is 1. The van der Waals surface area contributed by atoms with Gasteiger partial charge in [0.1, 0.15) is 5.75 Å². The van der Waals surface area contributed by atoms with Crippen molar-refractivity contribution in [3.05, 3.63) is 58.1 Å². The summed E-state index contributed by atoms with van der Waals surface area (Å²) in [7, 11) is 0. The monoisotopic (exact) mass is 379 g/mol. The fraction of sp³-hybridized carbons (Fsp3) is 0.118. The molecule has 2 aromatic rings. The summed E-state index contributed by atoms with van der Waals surface area (Å²) >= 11 is 11.7. The zero-order chi connectivity index (χ0) is 18.2. The average molecular weight is 380 g/mol. The van der Waals surface area contributed by atoms with Crippen LogP contribution in [-0.4, -0.2) is 24.6 Å². The van der Waals surface area contributed by atoms with Gasteiger partial charge in [0, 0.05) is 5.02 Å². The van der Waals surface area contributed by atoms with Crippen molar-refractivity contribution in [1.82, 2.24) is 5.43 Å². The molecule has 0 aliphatic heterocycles. The van der Waals surface area contributed by atoms with Gasteiger partial charge in [0.25, 0.3) is 0 Å². The van der Waals surface area contributed by atoms with E-state index >= 15 is 0 Å². The Morgan fingerprint density at radius 3 is 2.52 bits per heavy atom. The molecule has 0 saturated carbocycles. The number of amides is 2. The molecule has 8 heteroatoms. The van der Waals surface area contributed by atoms with Crippen LogP contribution in [0.3, 0.4) is 0 Å². The molecule has 0 aromatic heterocycles. The average Bonchev–Trinajstić information content (AvgIpc) is 2.59. The highest BCUT2D eigenvalue weighted by Gasteiger charge is 2.14. The lowest BCUT2D eigenvalue weighted by Gasteiger charge is -2.06. The van der Waals surface area contributed by atoms with E-state index in [4.69, 9.17) is 27.9 Å². The molecule has 0 atom stereocenters. The van der Waals surface area contributed by atoms with Crippen LogP contribution in [0, 0.1) is 0 Å². The molecular weight excluding hydrogens is 365 g/mol. The number of ether oxygens (including phenoxy) is 1. The normalized spacial score (nSPS) is 10.5. The third-order valence-corrected chi connectivity index (χ3v) is 3.52. The van der Waals surface area contributed by atoms with E-state index in [2.05, 4.69) is 15.8 Å². The lowest BCUT2D eigenvalue weighted by atomic mass is 10.2. The molecule has 2 amide bonds. The number of nitrogens with one attached hydrogen (secondary N) is 2. The van der Waals surface area contributed by atoms with Gasteiger partial charge in [-0.05, 0) is 55.0 Å². The third-order valence-electron chi connectivity index (χ3n) is 2.95. The Morgan fingerprint density at radius 2 is 1.84 bits per heavy atom. The number of benzene rings is 2. The van der Waals surface area contributed by atoms with Gasteiger partial charge >= 0.3 is 11.8 Å². The topological polar surface area (TPSA) is 79.8 Å². The van der Waals surface area contributed by atoms with Crippen molar-refractivity contribution < 1.29 is 14.3 Å². The molecule has 0 saturated heterocycles. The smallest absolute Gasteiger partial charge is 0.329 e. The van der Waals surface area contributed by atoms with Crippen LogP contribution in [0.1, 0.15) is 12.5 Å². The number of nitrogens with zero attached hydrogens (tertiary/aromatic N) is 1. The summed E-state index contributed by atoms with van der Waals surface area (Å²) in [6.45, 7) is 2.47. The summed E-state index contributed by atoms with van der Waals surface area (Å²) in [6, 6.07) is 11.6. The predicted octanol–water partition coefficient (Wildman–Crippen LogP) is 3.48. The Labute approximate surface area is 154 Å². The van der Waals surface area contributed by atoms with Crippen molar-refractivity contribution in [3.63, 3.8) is 0 Å². The molecule has 2 N–H and O–H groups in total. The van der Waals surface area contributed by atoms with Crippen LogP contribution >= 0.6 is 23.2 Å². The highest BCUT2D eigenvalue weighted by Crippen LogP contribution is 2.25. The van der Waals surface area contributed by atoms with Gasteiger partial charge < -0.3 is 10.1 Å². The predicted molar refractivity (Wildman–Crippen MR) is 98.4 cm³/mol. The molecule has 0 radical (unpaired) electrons. The molecule has 0 spiro atoms. The second-order valence-electron chi connectivity index (χ2n) is 4.78. The van der Waals surface area contributed by atoms with E-state index in [0.717, 1.165) is 11.3 Å². The third kappa shape index (κ3) is 5.77. The van der Waals surface area contributed by atoms with E-state index in [1.165, 1.54) is 18.3 Å². The molecule has 0 unspecified atom stereocenters. The highest BCUT2D eigenvalue weighted by molar-refractivity contribution is 6.42. The van der Waals surface area contributed by atoms with Crippen molar-refractivity contribution in [2.24, 2.45) is 5.10 Å². The number of rotatable bonds is 5. The standard InChI is InChI=1S/C17H15Cl2N3O3/c1-2-25-13-6-3-11(4-7-13)10-20-22-17(24)16(23)21-15-9-12(18)5-8-14(15)19/h3-10H,2H2,1H3,(H,21,23)(H,22,24)/b20-10-. The van der Waals surface area contributed by atoms with Gasteiger partial charge in [-0.3, -0.25) is 9.59 Å². The Balaban J connectivity index is 1.90. The molecule has 0 aliphatic rings. The minimum absolute atomic E-state index is 0.241. The lowest BCUT2D eigenvalue weighted by Crippen LogP contribution is -2.32. The Morgan fingerprint density at radius 1 is 1.12 bits per heavy atom. The van der Waals surface area contributed by atoms with E-state index in [1.54, 1.807) is 30.3 Å². The summed E-state index contributed by atoms with van der Waals surface area (Å²) in [6.07, 6.45) is 1.41. The molecule has 0 fully saturated rings. The van der Waals surface area contributed by atoms with Crippen LogP contribution < -0.4 is 15.5 Å². The molecule has 2 aromatic carbocycles. The maximum atomic E-state index is 11.8. The summed E-state index contributed by atoms with van der Waals surface area (Å²) in [5.41, 5.74) is 3.11. The molecule has 2 rings (SSSR count). The number of carbonyl (C=O) groups excluding carboxylic acids is 2. The van der Waals surface area contributed by atoms with Crippen molar-refractivity contribution in [2.45, 2.75) is 6.92 Å². The second kappa shape index (κ2) is 9.05. The Bertz CT molecular complexity index is 792. The van der Waals surface area contributed by atoms with Gasteiger partial charge in [-0.2, -0.15) is 5.10 Å². The van der Waals surface area contributed by atoms with Gasteiger partial charge in [-0.25, -0.2) is 5.43 Å². The van der Waals surface area contributed by atoms with Crippen LogP contribution in [-0.2, 0) is 9.59 Å². The first-order chi connectivity index (χ1) is 12.0. The van der Waals surface area contributed by atoms with Crippen molar-refractivity contribution >= 4 is 46.9 Å². The Hall–Kier alpha value is -2.57. The van der Waals surface area contributed by atoms with E-state index < -0.39 is 11.8 Å². The number of anilines is 1. The quantitative estimate of drug-likeness (QED) is 0.474. The largest absolute Gasteiger partial charge is 0.494 e. The number of hydrogen-bond donors (Lipinski definition) is 2. The molecular formula is C17H15Cl2N3O3. The van der Waals surface area contributed by atoms with Gasteiger partial charge in [0.2, 0.25) is 0 Å². The van der Waals surface area contributed by atoms with Gasteiger partial charge in [-0.15, -0.1) is 0 Å². The fourth-order valence-electron chi connectivity index (χ4n) is 1.81.